The summed E-state index contributed by atoms with van der Waals surface area (Å²) in [5, 5.41) is 28.8. The van der Waals surface area contributed by atoms with Crippen LogP contribution in [0, 0.1) is 6.92 Å². The number of aromatic nitrogens is 2. The first-order valence-corrected chi connectivity index (χ1v) is 9.00. The summed E-state index contributed by atoms with van der Waals surface area (Å²) in [7, 11) is 0. The van der Waals surface area contributed by atoms with Gasteiger partial charge in [-0.05, 0) is 48.9 Å². The molecule has 8 nitrogen and oxygen atoms in total. The SMILES string of the molecule is Cc1ccccc1-n1c(O)c2ccc(C(=O)N=NC(=O)c3cccnc3)cc2c1O. The second-order valence-electron chi connectivity index (χ2n) is 6.58. The fourth-order valence-corrected chi connectivity index (χ4v) is 3.14. The van der Waals surface area contributed by atoms with Crippen molar-refractivity contribution in [3.05, 3.63) is 83.7 Å². The number of rotatable bonds is 3. The number of amides is 2. The van der Waals surface area contributed by atoms with E-state index in [9.17, 15) is 19.8 Å². The molecule has 0 saturated heterocycles. The van der Waals surface area contributed by atoms with E-state index in [1.807, 2.05) is 19.1 Å². The lowest BCUT2D eigenvalue weighted by atomic mass is 10.1. The first kappa shape index (κ1) is 19.0. The Morgan fingerprint density at radius 2 is 1.57 bits per heavy atom. The number of fused-ring (bicyclic) bond motifs is 1. The smallest absolute Gasteiger partial charge is 0.297 e. The van der Waals surface area contributed by atoms with Crippen LogP contribution in [0.1, 0.15) is 26.3 Å². The van der Waals surface area contributed by atoms with E-state index >= 15 is 0 Å². The van der Waals surface area contributed by atoms with Gasteiger partial charge in [0.25, 0.3) is 11.8 Å². The van der Waals surface area contributed by atoms with Gasteiger partial charge in [-0.25, -0.2) is 0 Å². The highest BCUT2D eigenvalue weighted by atomic mass is 16.3. The van der Waals surface area contributed by atoms with Crippen molar-refractivity contribution in [1.82, 2.24) is 9.55 Å². The number of pyridine rings is 1. The number of nitrogens with zero attached hydrogens (tertiary/aromatic N) is 4. The Kier molecular flexibility index (Phi) is 4.81. The van der Waals surface area contributed by atoms with Crippen molar-refractivity contribution in [2.75, 3.05) is 0 Å². The Balaban J connectivity index is 1.69. The molecule has 2 aromatic heterocycles. The maximum Gasteiger partial charge on any atom is 0.297 e. The van der Waals surface area contributed by atoms with E-state index in [0.717, 1.165) is 5.56 Å². The first-order chi connectivity index (χ1) is 14.5. The average molecular weight is 400 g/mol. The summed E-state index contributed by atoms with van der Waals surface area (Å²) in [5.74, 6) is -1.81. The number of hydrogen-bond acceptors (Lipinski definition) is 5. The van der Waals surface area contributed by atoms with Crippen LogP contribution in [-0.4, -0.2) is 31.6 Å². The van der Waals surface area contributed by atoms with Crippen molar-refractivity contribution in [3.63, 3.8) is 0 Å². The van der Waals surface area contributed by atoms with Gasteiger partial charge in [0.1, 0.15) is 0 Å². The lowest BCUT2D eigenvalue weighted by molar-refractivity contribution is 0.0946. The van der Waals surface area contributed by atoms with Crippen molar-refractivity contribution < 1.29 is 19.8 Å². The molecule has 0 atom stereocenters. The van der Waals surface area contributed by atoms with Crippen LogP contribution in [0.4, 0.5) is 0 Å². The molecule has 30 heavy (non-hydrogen) atoms. The lowest BCUT2D eigenvalue weighted by Crippen LogP contribution is -1.98. The molecule has 8 heteroatoms. The van der Waals surface area contributed by atoms with Gasteiger partial charge >= 0.3 is 0 Å². The van der Waals surface area contributed by atoms with Gasteiger partial charge in [-0.15, -0.1) is 10.2 Å². The lowest BCUT2D eigenvalue weighted by Gasteiger charge is -2.09. The molecule has 2 aromatic carbocycles. The van der Waals surface area contributed by atoms with E-state index < -0.39 is 11.8 Å². The topological polar surface area (TPSA) is 117 Å². The van der Waals surface area contributed by atoms with Gasteiger partial charge in [0.15, 0.2) is 0 Å². The number of aryl methyl sites for hydroxylation is 1. The third-order valence-electron chi connectivity index (χ3n) is 4.67. The maximum atomic E-state index is 12.4. The third-order valence-corrected chi connectivity index (χ3v) is 4.67. The van der Waals surface area contributed by atoms with Crippen molar-refractivity contribution >= 4 is 22.6 Å². The Hall–Kier alpha value is -4.33. The second-order valence-corrected chi connectivity index (χ2v) is 6.58. The maximum absolute atomic E-state index is 12.4. The van der Waals surface area contributed by atoms with E-state index in [2.05, 4.69) is 15.2 Å². The Morgan fingerprint density at radius 3 is 2.27 bits per heavy atom. The Labute approximate surface area is 170 Å². The summed E-state index contributed by atoms with van der Waals surface area (Å²) in [4.78, 5) is 28.1. The number of carbonyl (C=O) groups excluding carboxylic acids is 2. The standard InChI is InChI=1S/C22H16N4O4/c1-13-5-2-3-7-18(13)26-21(29)16-9-8-14(11-17(16)22(26)30)19(27)24-25-20(28)15-6-4-10-23-12-15/h2-12,29-30H,1H3. The summed E-state index contributed by atoms with van der Waals surface area (Å²) < 4.78 is 1.31. The summed E-state index contributed by atoms with van der Waals surface area (Å²) in [6, 6.07) is 14.7. The molecule has 4 aromatic rings. The molecule has 2 amide bonds. The quantitative estimate of drug-likeness (QED) is 0.500. The highest BCUT2D eigenvalue weighted by Crippen LogP contribution is 2.39. The summed E-state index contributed by atoms with van der Waals surface area (Å²) in [6.07, 6.45) is 2.84. The number of hydrogen-bond donors (Lipinski definition) is 2. The Morgan fingerprint density at radius 1 is 0.867 bits per heavy atom. The van der Waals surface area contributed by atoms with Crippen LogP contribution < -0.4 is 0 Å². The molecule has 0 spiro atoms. The molecule has 0 fully saturated rings. The van der Waals surface area contributed by atoms with Gasteiger partial charge in [-0.1, -0.05) is 18.2 Å². The molecule has 0 radical (unpaired) electrons. The van der Waals surface area contributed by atoms with Crippen LogP contribution in [0.3, 0.4) is 0 Å². The van der Waals surface area contributed by atoms with Crippen LogP contribution in [0.5, 0.6) is 11.8 Å². The molecule has 2 N–H and O–H groups in total. The van der Waals surface area contributed by atoms with Gasteiger partial charge in [-0.3, -0.25) is 19.1 Å². The molecule has 0 aliphatic heterocycles. The molecule has 148 valence electrons. The van der Waals surface area contributed by atoms with Gasteiger partial charge in [0.2, 0.25) is 11.8 Å². The van der Waals surface area contributed by atoms with Crippen LogP contribution in [0.25, 0.3) is 16.5 Å². The predicted octanol–water partition coefficient (Wildman–Crippen LogP) is 4.18. The van der Waals surface area contributed by atoms with Gasteiger partial charge < -0.3 is 10.2 Å². The number of benzene rings is 2. The molecule has 0 unspecified atom stereocenters. The van der Waals surface area contributed by atoms with E-state index in [-0.39, 0.29) is 28.3 Å². The summed E-state index contributed by atoms with van der Waals surface area (Å²) >= 11 is 0. The van der Waals surface area contributed by atoms with Crippen LogP contribution in [-0.2, 0) is 0 Å². The monoisotopic (exact) mass is 400 g/mol. The van der Waals surface area contributed by atoms with Crippen LogP contribution >= 0.6 is 0 Å². The fourth-order valence-electron chi connectivity index (χ4n) is 3.14. The minimum Gasteiger partial charge on any atom is -0.494 e. The van der Waals surface area contributed by atoms with Crippen LogP contribution in [0.15, 0.2) is 77.2 Å². The molecule has 4 rings (SSSR count). The fraction of sp³-hybridized carbons (Fsp3) is 0.0455. The Bertz CT molecular complexity index is 1310. The number of para-hydroxylation sites is 1. The zero-order chi connectivity index (χ0) is 21.3. The van der Waals surface area contributed by atoms with Gasteiger partial charge in [0.05, 0.1) is 11.3 Å². The molecule has 0 aliphatic carbocycles. The molecule has 0 aliphatic rings. The highest BCUT2D eigenvalue weighted by Gasteiger charge is 2.20. The number of carbonyl (C=O) groups is 2. The highest BCUT2D eigenvalue weighted by molar-refractivity contribution is 6.03. The van der Waals surface area contributed by atoms with E-state index in [4.69, 9.17) is 0 Å². The van der Waals surface area contributed by atoms with Crippen molar-refractivity contribution in [1.29, 1.82) is 0 Å². The van der Waals surface area contributed by atoms with Crippen molar-refractivity contribution in [2.24, 2.45) is 10.2 Å². The van der Waals surface area contributed by atoms with Crippen molar-refractivity contribution in [2.45, 2.75) is 6.92 Å². The summed E-state index contributed by atoms with van der Waals surface area (Å²) in [5.41, 5.74) is 1.78. The molecular formula is C22H16N4O4. The number of aromatic hydroxyl groups is 2. The number of azo groups is 1. The molecule has 2 heterocycles. The summed E-state index contributed by atoms with van der Waals surface area (Å²) in [6.45, 7) is 1.85. The zero-order valence-corrected chi connectivity index (χ0v) is 15.9. The van der Waals surface area contributed by atoms with Gasteiger partial charge in [-0.2, -0.15) is 0 Å². The van der Waals surface area contributed by atoms with E-state index in [0.29, 0.717) is 11.1 Å². The second kappa shape index (κ2) is 7.59. The van der Waals surface area contributed by atoms with Gasteiger partial charge in [0, 0.05) is 28.7 Å². The van der Waals surface area contributed by atoms with Crippen molar-refractivity contribution in [3.8, 4) is 17.4 Å². The van der Waals surface area contributed by atoms with E-state index in [1.54, 1.807) is 18.2 Å². The third kappa shape index (κ3) is 3.30. The predicted molar refractivity (Wildman–Crippen MR) is 109 cm³/mol. The minimum atomic E-state index is -0.753. The minimum absolute atomic E-state index is 0.113. The molecule has 0 saturated carbocycles. The zero-order valence-electron chi connectivity index (χ0n) is 15.9. The largest absolute Gasteiger partial charge is 0.494 e. The van der Waals surface area contributed by atoms with Crippen LogP contribution in [0.2, 0.25) is 0 Å². The first-order valence-electron chi connectivity index (χ1n) is 9.00. The molecular weight excluding hydrogens is 384 g/mol. The van der Waals surface area contributed by atoms with E-state index in [1.165, 1.54) is 41.2 Å². The molecule has 0 bridgehead atoms. The average Bonchev–Trinajstić information content (AvgIpc) is 3.02. The normalized spacial score (nSPS) is 11.2.